The smallest absolute Gasteiger partial charge is 0.229 e. The fraction of sp³-hybridized carbons (Fsp3) is 0.500. The molecule has 4 nitrogen and oxygen atoms in total. The number of para-hydroxylation sites is 1. The van der Waals surface area contributed by atoms with Gasteiger partial charge in [0.2, 0.25) is 5.91 Å². The molecule has 18 heavy (non-hydrogen) atoms. The minimum Gasteiger partial charge on any atom is -0.397 e. The standard InChI is InChI=1S/C14H18N2O2/c15-12-5-1-3-10-6-7-16(14(10)12)13(17)9-11-4-2-8-18-11/h1,3,5,11H,2,4,6-9,15H2. The fourth-order valence-corrected chi connectivity index (χ4v) is 2.85. The lowest BCUT2D eigenvalue weighted by molar-refractivity contribution is -0.120. The third kappa shape index (κ3) is 1.97. The Balaban J connectivity index is 1.77. The Morgan fingerprint density at radius 1 is 1.50 bits per heavy atom. The first-order valence-electron chi connectivity index (χ1n) is 6.55. The van der Waals surface area contributed by atoms with Gasteiger partial charge in [0.25, 0.3) is 0 Å². The van der Waals surface area contributed by atoms with Crippen LogP contribution in [-0.4, -0.2) is 25.2 Å². The number of nitrogens with two attached hydrogens (primary N) is 1. The first-order valence-corrected chi connectivity index (χ1v) is 6.55. The normalized spacial score (nSPS) is 22.2. The van der Waals surface area contributed by atoms with E-state index in [4.69, 9.17) is 10.5 Å². The predicted molar refractivity (Wildman–Crippen MR) is 70.5 cm³/mol. The van der Waals surface area contributed by atoms with E-state index >= 15 is 0 Å². The fourth-order valence-electron chi connectivity index (χ4n) is 2.85. The molecule has 4 heteroatoms. The van der Waals surface area contributed by atoms with Crippen LogP contribution in [0.4, 0.5) is 11.4 Å². The molecule has 0 aromatic heterocycles. The summed E-state index contributed by atoms with van der Waals surface area (Å²) in [6.07, 6.45) is 3.55. The van der Waals surface area contributed by atoms with Crippen LogP contribution in [0.2, 0.25) is 0 Å². The molecule has 0 bridgehead atoms. The maximum atomic E-state index is 12.3. The summed E-state index contributed by atoms with van der Waals surface area (Å²) in [6, 6.07) is 5.85. The van der Waals surface area contributed by atoms with E-state index in [1.807, 2.05) is 23.1 Å². The Morgan fingerprint density at radius 3 is 3.17 bits per heavy atom. The van der Waals surface area contributed by atoms with Gasteiger partial charge in [-0.05, 0) is 30.9 Å². The molecular weight excluding hydrogens is 228 g/mol. The van der Waals surface area contributed by atoms with Gasteiger partial charge in [-0.15, -0.1) is 0 Å². The highest BCUT2D eigenvalue weighted by molar-refractivity contribution is 5.99. The van der Waals surface area contributed by atoms with Crippen molar-refractivity contribution in [1.82, 2.24) is 0 Å². The van der Waals surface area contributed by atoms with Crippen molar-refractivity contribution in [3.05, 3.63) is 23.8 Å². The van der Waals surface area contributed by atoms with Crippen molar-refractivity contribution in [3.8, 4) is 0 Å². The van der Waals surface area contributed by atoms with E-state index in [1.165, 1.54) is 5.56 Å². The highest BCUT2D eigenvalue weighted by Gasteiger charge is 2.29. The number of fused-ring (bicyclic) bond motifs is 1. The number of carbonyl (C=O) groups is 1. The molecule has 1 amide bonds. The predicted octanol–water partition coefficient (Wildman–Crippen LogP) is 1.73. The van der Waals surface area contributed by atoms with E-state index in [0.29, 0.717) is 12.1 Å². The number of hydrogen-bond donors (Lipinski definition) is 1. The zero-order chi connectivity index (χ0) is 12.5. The summed E-state index contributed by atoms with van der Waals surface area (Å²) in [4.78, 5) is 14.1. The second-order valence-corrected chi connectivity index (χ2v) is 4.99. The first-order chi connectivity index (χ1) is 8.75. The van der Waals surface area contributed by atoms with Crippen LogP contribution < -0.4 is 10.6 Å². The van der Waals surface area contributed by atoms with Crippen LogP contribution in [0.1, 0.15) is 24.8 Å². The largest absolute Gasteiger partial charge is 0.397 e. The van der Waals surface area contributed by atoms with Gasteiger partial charge in [0.05, 0.1) is 23.9 Å². The minimum absolute atomic E-state index is 0.103. The van der Waals surface area contributed by atoms with Crippen molar-refractivity contribution in [1.29, 1.82) is 0 Å². The van der Waals surface area contributed by atoms with Crippen LogP contribution in [0.15, 0.2) is 18.2 Å². The van der Waals surface area contributed by atoms with Crippen LogP contribution in [0.25, 0.3) is 0 Å². The molecule has 0 aliphatic carbocycles. The molecule has 3 rings (SSSR count). The molecule has 96 valence electrons. The summed E-state index contributed by atoms with van der Waals surface area (Å²) in [5, 5.41) is 0. The third-order valence-electron chi connectivity index (χ3n) is 3.75. The number of amides is 1. The average Bonchev–Trinajstić information content (AvgIpc) is 2.97. The summed E-state index contributed by atoms with van der Waals surface area (Å²) in [7, 11) is 0. The molecule has 0 radical (unpaired) electrons. The molecule has 2 aliphatic rings. The van der Waals surface area contributed by atoms with Gasteiger partial charge in [-0.1, -0.05) is 12.1 Å². The summed E-state index contributed by atoms with van der Waals surface area (Å²) >= 11 is 0. The first kappa shape index (κ1) is 11.5. The van der Waals surface area contributed by atoms with Gasteiger partial charge in [0.1, 0.15) is 0 Å². The van der Waals surface area contributed by atoms with Crippen molar-refractivity contribution >= 4 is 17.3 Å². The number of anilines is 2. The topological polar surface area (TPSA) is 55.6 Å². The Labute approximate surface area is 107 Å². The Morgan fingerprint density at radius 2 is 2.39 bits per heavy atom. The number of nitrogen functional groups attached to an aromatic ring is 1. The number of benzene rings is 1. The molecular formula is C14H18N2O2. The molecule has 2 N–H and O–H groups in total. The minimum atomic E-state index is 0.103. The Bertz CT molecular complexity index is 467. The van der Waals surface area contributed by atoms with E-state index < -0.39 is 0 Å². The molecule has 1 unspecified atom stereocenters. The monoisotopic (exact) mass is 246 g/mol. The number of hydrogen-bond acceptors (Lipinski definition) is 3. The van der Waals surface area contributed by atoms with Gasteiger partial charge in [0.15, 0.2) is 0 Å². The SMILES string of the molecule is Nc1cccc2c1N(C(=O)CC1CCCO1)CC2. The van der Waals surface area contributed by atoms with Gasteiger partial charge in [-0.25, -0.2) is 0 Å². The maximum absolute atomic E-state index is 12.3. The van der Waals surface area contributed by atoms with Crippen LogP contribution in [0, 0.1) is 0 Å². The van der Waals surface area contributed by atoms with Crippen LogP contribution in [0.3, 0.4) is 0 Å². The zero-order valence-corrected chi connectivity index (χ0v) is 10.4. The molecule has 1 saturated heterocycles. The number of rotatable bonds is 2. The molecule has 0 saturated carbocycles. The van der Waals surface area contributed by atoms with Gasteiger partial charge >= 0.3 is 0 Å². The second-order valence-electron chi connectivity index (χ2n) is 4.99. The van der Waals surface area contributed by atoms with E-state index in [9.17, 15) is 4.79 Å². The number of ether oxygens (including phenoxy) is 1. The van der Waals surface area contributed by atoms with Crippen molar-refractivity contribution in [2.24, 2.45) is 0 Å². The lowest BCUT2D eigenvalue weighted by Gasteiger charge is -2.20. The lowest BCUT2D eigenvalue weighted by Crippen LogP contribution is -2.32. The molecule has 2 heterocycles. The van der Waals surface area contributed by atoms with E-state index in [-0.39, 0.29) is 12.0 Å². The molecule has 2 aliphatic heterocycles. The quantitative estimate of drug-likeness (QED) is 0.808. The molecule has 1 aromatic carbocycles. The molecule has 0 spiro atoms. The summed E-state index contributed by atoms with van der Waals surface area (Å²) in [6.45, 7) is 1.53. The van der Waals surface area contributed by atoms with Crippen molar-refractivity contribution in [3.63, 3.8) is 0 Å². The summed E-state index contributed by atoms with van der Waals surface area (Å²) in [5.74, 6) is 0.138. The van der Waals surface area contributed by atoms with Crippen molar-refractivity contribution in [2.75, 3.05) is 23.8 Å². The third-order valence-corrected chi connectivity index (χ3v) is 3.75. The highest BCUT2D eigenvalue weighted by Crippen LogP contribution is 2.34. The van der Waals surface area contributed by atoms with Crippen LogP contribution in [-0.2, 0) is 16.0 Å². The zero-order valence-electron chi connectivity index (χ0n) is 10.4. The van der Waals surface area contributed by atoms with Gasteiger partial charge in [-0.3, -0.25) is 4.79 Å². The van der Waals surface area contributed by atoms with Crippen molar-refractivity contribution < 1.29 is 9.53 Å². The van der Waals surface area contributed by atoms with Gasteiger partial charge in [-0.2, -0.15) is 0 Å². The average molecular weight is 246 g/mol. The van der Waals surface area contributed by atoms with Crippen molar-refractivity contribution in [2.45, 2.75) is 31.8 Å². The number of carbonyl (C=O) groups excluding carboxylic acids is 1. The van der Waals surface area contributed by atoms with E-state index in [2.05, 4.69) is 0 Å². The van der Waals surface area contributed by atoms with Crippen LogP contribution in [0.5, 0.6) is 0 Å². The highest BCUT2D eigenvalue weighted by atomic mass is 16.5. The number of nitrogens with zero attached hydrogens (tertiary/aromatic N) is 1. The van der Waals surface area contributed by atoms with Crippen LogP contribution >= 0.6 is 0 Å². The maximum Gasteiger partial charge on any atom is 0.229 e. The molecule has 1 fully saturated rings. The lowest BCUT2D eigenvalue weighted by atomic mass is 10.1. The molecule has 1 aromatic rings. The molecule has 1 atom stereocenters. The van der Waals surface area contributed by atoms with Gasteiger partial charge in [0, 0.05) is 13.2 Å². The van der Waals surface area contributed by atoms with E-state index in [0.717, 1.165) is 38.1 Å². The van der Waals surface area contributed by atoms with Gasteiger partial charge < -0.3 is 15.4 Å². The summed E-state index contributed by atoms with van der Waals surface area (Å²) < 4.78 is 5.52. The second kappa shape index (κ2) is 4.61. The Kier molecular flexibility index (Phi) is 2.96. The summed E-state index contributed by atoms with van der Waals surface area (Å²) in [5.41, 5.74) is 8.78. The Hall–Kier alpha value is -1.55. The van der Waals surface area contributed by atoms with E-state index in [1.54, 1.807) is 0 Å².